The molecule has 0 N–H and O–H groups in total. The molecule has 0 aliphatic rings. The largest absolute Gasteiger partial charge is 0.356 e. The zero-order valence-corrected chi connectivity index (χ0v) is 11.5. The molecule has 0 unspecified atom stereocenters. The van der Waals surface area contributed by atoms with Crippen molar-refractivity contribution in [2.45, 2.75) is 19.9 Å². The molecule has 0 aliphatic heterocycles. The van der Waals surface area contributed by atoms with E-state index in [2.05, 4.69) is 4.98 Å². The number of aromatic nitrogens is 1. The lowest BCUT2D eigenvalue weighted by Gasteiger charge is -2.25. The predicted octanol–water partition coefficient (Wildman–Crippen LogP) is 1.49. The lowest BCUT2D eigenvalue weighted by atomic mass is 10.2. The molecule has 0 saturated carbocycles. The van der Waals surface area contributed by atoms with Gasteiger partial charge in [-0.3, -0.25) is 9.00 Å². The van der Waals surface area contributed by atoms with Gasteiger partial charge in [0, 0.05) is 47.7 Å². The van der Waals surface area contributed by atoms with Crippen LogP contribution in [0.2, 0.25) is 0 Å². The highest BCUT2D eigenvalue weighted by molar-refractivity contribution is 7.84. The van der Waals surface area contributed by atoms with E-state index in [0.29, 0.717) is 11.3 Å². The highest BCUT2D eigenvalue weighted by atomic mass is 32.2. The number of nitrogens with zero attached hydrogens (tertiary/aromatic N) is 2. The fourth-order valence-corrected chi connectivity index (χ4v) is 2.38. The van der Waals surface area contributed by atoms with E-state index in [1.54, 1.807) is 18.5 Å². The van der Waals surface area contributed by atoms with Gasteiger partial charge in [-0.25, -0.2) is 4.98 Å². The summed E-state index contributed by atoms with van der Waals surface area (Å²) in [6.45, 7) is 3.52. The van der Waals surface area contributed by atoms with Gasteiger partial charge in [-0.05, 0) is 26.0 Å². The van der Waals surface area contributed by atoms with Crippen LogP contribution in [0.25, 0.3) is 0 Å². The van der Waals surface area contributed by atoms with Gasteiger partial charge in [0.2, 0.25) is 0 Å². The summed E-state index contributed by atoms with van der Waals surface area (Å²) < 4.78 is 11.2. The first-order valence-corrected chi connectivity index (χ1v) is 7.14. The minimum atomic E-state index is -0.825. The Kier molecular flexibility index (Phi) is 4.81. The van der Waals surface area contributed by atoms with Crippen LogP contribution in [0.4, 0.5) is 5.82 Å². The molecule has 0 saturated heterocycles. The van der Waals surface area contributed by atoms with E-state index < -0.39 is 10.8 Å². The average Bonchev–Trinajstić information content (AvgIpc) is 2.27. The molecule has 4 nitrogen and oxygen atoms in total. The number of ketones is 1. The van der Waals surface area contributed by atoms with Crippen LogP contribution in [0.15, 0.2) is 18.3 Å². The monoisotopic (exact) mass is 254 g/mol. The Balaban J connectivity index is 2.78. The Morgan fingerprint density at radius 1 is 1.53 bits per heavy atom. The summed E-state index contributed by atoms with van der Waals surface area (Å²) in [7, 11) is 1.08. The summed E-state index contributed by atoms with van der Waals surface area (Å²) in [5.74, 6) is 1.40. The van der Waals surface area contributed by atoms with E-state index >= 15 is 0 Å². The molecule has 0 aliphatic carbocycles. The van der Waals surface area contributed by atoms with E-state index in [9.17, 15) is 9.00 Å². The zero-order valence-electron chi connectivity index (χ0n) is 10.6. The number of anilines is 1. The lowest BCUT2D eigenvalue weighted by molar-refractivity contribution is 0.101. The highest BCUT2D eigenvalue weighted by Gasteiger charge is 2.12. The molecular weight excluding hydrogens is 236 g/mol. The van der Waals surface area contributed by atoms with Crippen molar-refractivity contribution in [3.63, 3.8) is 0 Å². The second kappa shape index (κ2) is 5.91. The third kappa shape index (κ3) is 3.93. The van der Waals surface area contributed by atoms with E-state index in [4.69, 9.17) is 0 Å². The van der Waals surface area contributed by atoms with Crippen LogP contribution in [0, 0.1) is 0 Å². The van der Waals surface area contributed by atoms with Gasteiger partial charge in [0.05, 0.1) is 0 Å². The maximum Gasteiger partial charge on any atom is 0.161 e. The van der Waals surface area contributed by atoms with Crippen LogP contribution in [0.1, 0.15) is 24.2 Å². The van der Waals surface area contributed by atoms with Crippen molar-refractivity contribution in [1.29, 1.82) is 0 Å². The molecule has 0 amide bonds. The fourth-order valence-electron chi connectivity index (χ4n) is 1.48. The van der Waals surface area contributed by atoms with Crippen LogP contribution in [-0.4, -0.2) is 40.1 Å². The standard InChI is InChI=1S/C12H18N2O2S/c1-9(8-17(4)16)14(3)12-6-5-11(7-13-12)10(2)15/h5-7,9H,8H2,1-4H3/t9-,17+/m1/s1. The van der Waals surface area contributed by atoms with Crippen molar-refractivity contribution < 1.29 is 9.00 Å². The molecule has 5 heteroatoms. The molecule has 0 radical (unpaired) electrons. The first kappa shape index (κ1) is 13.8. The summed E-state index contributed by atoms with van der Waals surface area (Å²) >= 11 is 0. The Morgan fingerprint density at radius 3 is 2.59 bits per heavy atom. The van der Waals surface area contributed by atoms with Crippen molar-refractivity contribution in [2.24, 2.45) is 0 Å². The van der Waals surface area contributed by atoms with E-state index in [1.165, 1.54) is 6.92 Å². The molecule has 17 heavy (non-hydrogen) atoms. The van der Waals surface area contributed by atoms with E-state index in [1.807, 2.05) is 24.9 Å². The lowest BCUT2D eigenvalue weighted by Crippen LogP contribution is -2.33. The summed E-state index contributed by atoms with van der Waals surface area (Å²) in [6.07, 6.45) is 3.26. The van der Waals surface area contributed by atoms with Crippen LogP contribution in [0.5, 0.6) is 0 Å². The highest BCUT2D eigenvalue weighted by Crippen LogP contribution is 2.13. The van der Waals surface area contributed by atoms with E-state index in [-0.39, 0.29) is 11.8 Å². The Hall–Kier alpha value is -1.23. The summed E-state index contributed by atoms with van der Waals surface area (Å²) in [6, 6.07) is 3.72. The quantitative estimate of drug-likeness (QED) is 0.747. The zero-order chi connectivity index (χ0) is 13.0. The molecule has 1 aromatic rings. The molecule has 0 fully saturated rings. The van der Waals surface area contributed by atoms with Gasteiger partial charge in [-0.2, -0.15) is 0 Å². The van der Waals surface area contributed by atoms with Crippen LogP contribution < -0.4 is 4.90 Å². The number of carbonyl (C=O) groups is 1. The van der Waals surface area contributed by atoms with Crippen molar-refractivity contribution in [3.05, 3.63) is 23.9 Å². The molecule has 0 bridgehead atoms. The summed E-state index contributed by atoms with van der Waals surface area (Å²) in [4.78, 5) is 17.3. The topological polar surface area (TPSA) is 50.3 Å². The Bertz CT molecular complexity index is 417. The smallest absolute Gasteiger partial charge is 0.161 e. The van der Waals surface area contributed by atoms with Crippen molar-refractivity contribution in [3.8, 4) is 0 Å². The van der Waals surface area contributed by atoms with Gasteiger partial charge in [0.25, 0.3) is 0 Å². The minimum absolute atomic E-state index is 0.00872. The number of hydrogen-bond acceptors (Lipinski definition) is 4. The van der Waals surface area contributed by atoms with Crippen LogP contribution in [0.3, 0.4) is 0 Å². The van der Waals surface area contributed by atoms with Gasteiger partial charge in [0.1, 0.15) is 5.82 Å². The van der Waals surface area contributed by atoms with Gasteiger partial charge in [0.15, 0.2) is 5.78 Å². The molecule has 2 atom stereocenters. The number of carbonyl (C=O) groups excluding carboxylic acids is 1. The maximum atomic E-state index is 11.2. The van der Waals surface area contributed by atoms with Gasteiger partial charge in [-0.15, -0.1) is 0 Å². The summed E-state index contributed by atoms with van der Waals surface area (Å²) in [5.41, 5.74) is 0.605. The van der Waals surface area contributed by atoms with Crippen LogP contribution in [-0.2, 0) is 10.8 Å². The maximum absolute atomic E-state index is 11.2. The van der Waals surface area contributed by atoms with Gasteiger partial charge in [-0.1, -0.05) is 0 Å². The Morgan fingerprint density at radius 2 is 2.18 bits per heavy atom. The molecule has 0 spiro atoms. The van der Waals surface area contributed by atoms with Crippen molar-refractivity contribution in [1.82, 2.24) is 4.98 Å². The predicted molar refractivity (Wildman–Crippen MR) is 71.0 cm³/mol. The number of hydrogen-bond donors (Lipinski definition) is 0. The SMILES string of the molecule is CC(=O)c1ccc(N(C)[C@H](C)C[S@](C)=O)nc1. The average molecular weight is 254 g/mol. The number of pyridine rings is 1. The van der Waals surface area contributed by atoms with E-state index in [0.717, 1.165) is 5.82 Å². The molecular formula is C12H18N2O2S. The second-order valence-corrected chi connectivity index (χ2v) is 5.64. The van der Waals surface area contributed by atoms with Crippen LogP contribution >= 0.6 is 0 Å². The molecule has 0 aromatic carbocycles. The number of Topliss-reactive ketones (excluding diaryl/α,β-unsaturated/α-hetero) is 1. The second-order valence-electron chi connectivity index (χ2n) is 4.16. The first-order valence-electron chi connectivity index (χ1n) is 5.41. The van der Waals surface area contributed by atoms with Gasteiger partial charge < -0.3 is 4.90 Å². The minimum Gasteiger partial charge on any atom is -0.356 e. The third-order valence-electron chi connectivity index (χ3n) is 2.65. The number of rotatable bonds is 5. The first-order chi connectivity index (χ1) is 7.91. The molecule has 1 heterocycles. The Labute approximate surface area is 105 Å². The third-order valence-corrected chi connectivity index (χ3v) is 3.60. The van der Waals surface area contributed by atoms with Crippen molar-refractivity contribution in [2.75, 3.05) is 24.0 Å². The molecule has 1 aromatic heterocycles. The van der Waals surface area contributed by atoms with Crippen molar-refractivity contribution >= 4 is 22.4 Å². The molecule has 94 valence electrons. The van der Waals surface area contributed by atoms with Gasteiger partial charge >= 0.3 is 0 Å². The normalized spacial score (nSPS) is 14.1. The fraction of sp³-hybridized carbons (Fsp3) is 0.500. The summed E-state index contributed by atoms with van der Waals surface area (Å²) in [5, 5.41) is 0. The molecule has 1 rings (SSSR count).